The van der Waals surface area contributed by atoms with Gasteiger partial charge in [-0.05, 0) is 23.8 Å². The van der Waals surface area contributed by atoms with Gasteiger partial charge >= 0.3 is 0 Å². The standard InChI is InChI=1S/C16H14ClN3OS/c1-21-14-4-2-3-13(9-14)20-8-7-18-16(20)22-11-12-5-6-15(17)19-10-12/h2-10H,11H2,1H3. The third-order valence-electron chi connectivity index (χ3n) is 3.09. The van der Waals surface area contributed by atoms with E-state index in [1.54, 1.807) is 37.3 Å². The van der Waals surface area contributed by atoms with E-state index >= 15 is 0 Å². The van der Waals surface area contributed by atoms with Crippen molar-refractivity contribution in [2.45, 2.75) is 10.9 Å². The Bertz CT molecular complexity index is 758. The average molecular weight is 332 g/mol. The minimum Gasteiger partial charge on any atom is -0.497 e. The Morgan fingerprint density at radius 3 is 2.91 bits per heavy atom. The molecule has 0 spiro atoms. The summed E-state index contributed by atoms with van der Waals surface area (Å²) >= 11 is 7.45. The first-order chi connectivity index (χ1) is 10.8. The zero-order valence-corrected chi connectivity index (χ0v) is 13.5. The summed E-state index contributed by atoms with van der Waals surface area (Å²) in [6, 6.07) is 11.7. The van der Waals surface area contributed by atoms with Gasteiger partial charge in [0.15, 0.2) is 5.16 Å². The highest BCUT2D eigenvalue weighted by Gasteiger charge is 2.07. The van der Waals surface area contributed by atoms with Crippen LogP contribution in [0.25, 0.3) is 5.69 Å². The quantitative estimate of drug-likeness (QED) is 0.518. The summed E-state index contributed by atoms with van der Waals surface area (Å²) < 4.78 is 7.31. The first-order valence-corrected chi connectivity index (χ1v) is 8.03. The molecule has 1 aromatic carbocycles. The Balaban J connectivity index is 1.78. The van der Waals surface area contributed by atoms with Crippen LogP contribution in [0.5, 0.6) is 5.75 Å². The molecule has 0 fully saturated rings. The van der Waals surface area contributed by atoms with Crippen LogP contribution in [-0.4, -0.2) is 21.6 Å². The van der Waals surface area contributed by atoms with Gasteiger partial charge in [0.1, 0.15) is 10.9 Å². The van der Waals surface area contributed by atoms with Gasteiger partial charge < -0.3 is 4.74 Å². The van der Waals surface area contributed by atoms with E-state index in [-0.39, 0.29) is 0 Å². The van der Waals surface area contributed by atoms with E-state index in [0.29, 0.717) is 5.15 Å². The zero-order valence-electron chi connectivity index (χ0n) is 11.9. The second-order valence-corrected chi connectivity index (χ2v) is 5.89. The van der Waals surface area contributed by atoms with Gasteiger partial charge in [-0.1, -0.05) is 35.5 Å². The molecule has 4 nitrogen and oxygen atoms in total. The highest BCUT2D eigenvalue weighted by molar-refractivity contribution is 7.98. The Hall–Kier alpha value is -1.98. The molecule has 0 aliphatic heterocycles. The van der Waals surface area contributed by atoms with Crippen molar-refractivity contribution in [3.8, 4) is 11.4 Å². The third-order valence-corrected chi connectivity index (χ3v) is 4.36. The Kier molecular flexibility index (Phi) is 4.65. The number of ether oxygens (including phenoxy) is 1. The zero-order chi connectivity index (χ0) is 15.4. The Labute approximate surface area is 138 Å². The molecule has 0 radical (unpaired) electrons. The Morgan fingerprint density at radius 2 is 2.14 bits per heavy atom. The van der Waals surface area contributed by atoms with Crippen LogP contribution >= 0.6 is 23.4 Å². The molecule has 0 unspecified atom stereocenters. The lowest BCUT2D eigenvalue weighted by atomic mass is 10.3. The lowest BCUT2D eigenvalue weighted by Crippen LogP contribution is -1.96. The maximum atomic E-state index is 5.80. The number of aromatic nitrogens is 3. The topological polar surface area (TPSA) is 39.9 Å². The molecule has 0 aliphatic carbocycles. The number of hydrogen-bond donors (Lipinski definition) is 0. The summed E-state index contributed by atoms with van der Waals surface area (Å²) in [6.07, 6.45) is 5.52. The van der Waals surface area contributed by atoms with E-state index in [0.717, 1.165) is 27.9 Å². The number of pyridine rings is 1. The molecule has 0 saturated carbocycles. The van der Waals surface area contributed by atoms with E-state index in [1.165, 1.54) is 0 Å². The molecule has 3 aromatic rings. The van der Waals surface area contributed by atoms with Crippen LogP contribution in [0.15, 0.2) is 60.1 Å². The lowest BCUT2D eigenvalue weighted by molar-refractivity contribution is 0.414. The first kappa shape index (κ1) is 14.9. The molecular weight excluding hydrogens is 318 g/mol. The number of thioether (sulfide) groups is 1. The van der Waals surface area contributed by atoms with Crippen molar-refractivity contribution in [1.29, 1.82) is 0 Å². The summed E-state index contributed by atoms with van der Waals surface area (Å²) in [5, 5.41) is 1.43. The molecule has 0 atom stereocenters. The number of nitrogens with zero attached hydrogens (tertiary/aromatic N) is 3. The molecule has 0 bridgehead atoms. The van der Waals surface area contributed by atoms with E-state index in [4.69, 9.17) is 16.3 Å². The van der Waals surface area contributed by atoms with Crippen molar-refractivity contribution in [1.82, 2.24) is 14.5 Å². The molecule has 22 heavy (non-hydrogen) atoms. The minimum atomic E-state index is 0.506. The van der Waals surface area contributed by atoms with Crippen LogP contribution in [-0.2, 0) is 5.75 Å². The van der Waals surface area contributed by atoms with Crippen molar-refractivity contribution < 1.29 is 4.74 Å². The number of rotatable bonds is 5. The van der Waals surface area contributed by atoms with Crippen molar-refractivity contribution in [2.75, 3.05) is 7.11 Å². The largest absolute Gasteiger partial charge is 0.497 e. The molecule has 2 heterocycles. The fourth-order valence-corrected chi connectivity index (χ4v) is 3.01. The van der Waals surface area contributed by atoms with E-state index in [1.807, 2.05) is 41.1 Å². The number of imidazole rings is 1. The molecule has 112 valence electrons. The van der Waals surface area contributed by atoms with E-state index < -0.39 is 0 Å². The average Bonchev–Trinajstić information content (AvgIpc) is 3.03. The second-order valence-electron chi connectivity index (χ2n) is 4.56. The normalized spacial score (nSPS) is 10.6. The Morgan fingerprint density at radius 1 is 1.23 bits per heavy atom. The highest BCUT2D eigenvalue weighted by atomic mass is 35.5. The van der Waals surface area contributed by atoms with Crippen LogP contribution < -0.4 is 4.74 Å². The minimum absolute atomic E-state index is 0.506. The summed E-state index contributed by atoms with van der Waals surface area (Å²) in [5.41, 5.74) is 2.13. The SMILES string of the molecule is COc1cccc(-n2ccnc2SCc2ccc(Cl)nc2)c1. The summed E-state index contributed by atoms with van der Waals surface area (Å²) in [4.78, 5) is 8.51. The van der Waals surface area contributed by atoms with Crippen molar-refractivity contribution >= 4 is 23.4 Å². The van der Waals surface area contributed by atoms with Crippen molar-refractivity contribution in [3.05, 3.63) is 65.7 Å². The van der Waals surface area contributed by atoms with Gasteiger partial charge in [0.25, 0.3) is 0 Å². The maximum Gasteiger partial charge on any atom is 0.172 e. The number of benzene rings is 1. The molecular formula is C16H14ClN3OS. The van der Waals surface area contributed by atoms with Gasteiger partial charge in [0.2, 0.25) is 0 Å². The number of halogens is 1. The van der Waals surface area contributed by atoms with Gasteiger partial charge in [-0.2, -0.15) is 0 Å². The molecule has 3 rings (SSSR count). The van der Waals surface area contributed by atoms with Gasteiger partial charge in [-0.15, -0.1) is 0 Å². The van der Waals surface area contributed by atoms with E-state index in [9.17, 15) is 0 Å². The highest BCUT2D eigenvalue weighted by Crippen LogP contribution is 2.25. The van der Waals surface area contributed by atoms with Crippen LogP contribution in [0.4, 0.5) is 0 Å². The van der Waals surface area contributed by atoms with Gasteiger partial charge in [0.05, 0.1) is 12.8 Å². The molecule has 0 aliphatic rings. The maximum absolute atomic E-state index is 5.80. The fraction of sp³-hybridized carbons (Fsp3) is 0.125. The lowest BCUT2D eigenvalue weighted by Gasteiger charge is -2.09. The molecule has 0 saturated heterocycles. The molecule has 0 amide bonds. The fourth-order valence-electron chi connectivity index (χ4n) is 1.99. The third kappa shape index (κ3) is 3.43. The first-order valence-electron chi connectivity index (χ1n) is 6.67. The predicted molar refractivity (Wildman–Crippen MR) is 88.9 cm³/mol. The number of hydrogen-bond acceptors (Lipinski definition) is 4. The van der Waals surface area contributed by atoms with Gasteiger partial charge in [-0.25, -0.2) is 9.97 Å². The summed E-state index contributed by atoms with van der Waals surface area (Å²) in [6.45, 7) is 0. The van der Waals surface area contributed by atoms with Crippen LogP contribution in [0.1, 0.15) is 5.56 Å². The van der Waals surface area contributed by atoms with Gasteiger partial charge in [0, 0.05) is 30.4 Å². The molecule has 0 N–H and O–H groups in total. The summed E-state index contributed by atoms with van der Waals surface area (Å²) in [5.74, 6) is 1.61. The van der Waals surface area contributed by atoms with Gasteiger partial charge in [-0.3, -0.25) is 4.57 Å². The number of methoxy groups -OCH3 is 1. The van der Waals surface area contributed by atoms with Crippen LogP contribution in [0.2, 0.25) is 5.15 Å². The predicted octanol–water partition coefficient (Wildman–Crippen LogP) is 4.22. The smallest absolute Gasteiger partial charge is 0.172 e. The van der Waals surface area contributed by atoms with Crippen LogP contribution in [0.3, 0.4) is 0 Å². The molecule has 6 heteroatoms. The van der Waals surface area contributed by atoms with E-state index in [2.05, 4.69) is 9.97 Å². The second kappa shape index (κ2) is 6.85. The van der Waals surface area contributed by atoms with Crippen molar-refractivity contribution in [3.63, 3.8) is 0 Å². The van der Waals surface area contributed by atoms with Crippen LogP contribution in [0, 0.1) is 0 Å². The summed E-state index contributed by atoms with van der Waals surface area (Å²) in [7, 11) is 1.66. The monoisotopic (exact) mass is 331 g/mol. The molecule has 2 aromatic heterocycles. The van der Waals surface area contributed by atoms with Crippen molar-refractivity contribution in [2.24, 2.45) is 0 Å².